The van der Waals surface area contributed by atoms with Gasteiger partial charge in [-0.25, -0.2) is 4.98 Å². The lowest BCUT2D eigenvalue weighted by atomic mass is 9.76. The van der Waals surface area contributed by atoms with Crippen molar-refractivity contribution in [1.82, 2.24) is 19.8 Å². The van der Waals surface area contributed by atoms with E-state index in [4.69, 9.17) is 0 Å². The highest BCUT2D eigenvalue weighted by Crippen LogP contribution is 2.44. The maximum Gasteiger partial charge on any atom is 0.232 e. The predicted octanol–water partition coefficient (Wildman–Crippen LogP) is 2.55. The highest BCUT2D eigenvalue weighted by atomic mass is 32.2. The van der Waals surface area contributed by atoms with Crippen LogP contribution in [-0.2, 0) is 21.5 Å². The number of carbonyl (C=O) groups excluding carboxylic acids is 2. The van der Waals surface area contributed by atoms with E-state index in [0.717, 1.165) is 44.3 Å². The zero-order valence-electron chi connectivity index (χ0n) is 16.4. The molecule has 2 aliphatic heterocycles. The van der Waals surface area contributed by atoms with Crippen LogP contribution >= 0.6 is 11.8 Å². The predicted molar refractivity (Wildman–Crippen MR) is 106 cm³/mol. The Morgan fingerprint density at radius 3 is 2.67 bits per heavy atom. The molecule has 3 aliphatic rings. The van der Waals surface area contributed by atoms with E-state index >= 15 is 0 Å². The number of rotatable bonds is 4. The summed E-state index contributed by atoms with van der Waals surface area (Å²) in [5, 5.41) is 0.464. The zero-order valence-corrected chi connectivity index (χ0v) is 17.2. The van der Waals surface area contributed by atoms with Crippen LogP contribution in [0.1, 0.15) is 57.3 Å². The van der Waals surface area contributed by atoms with Crippen molar-refractivity contribution in [3.8, 4) is 0 Å². The molecule has 27 heavy (non-hydrogen) atoms. The number of hydrogen-bond acceptors (Lipinski definition) is 4. The third-order valence-corrected chi connectivity index (χ3v) is 7.55. The molecule has 1 aromatic heterocycles. The van der Waals surface area contributed by atoms with E-state index in [1.54, 1.807) is 18.1 Å². The molecule has 1 N–H and O–H groups in total. The topological polar surface area (TPSA) is 69.3 Å². The molecule has 1 aromatic rings. The minimum absolute atomic E-state index is 0.199. The van der Waals surface area contributed by atoms with E-state index in [9.17, 15) is 9.59 Å². The highest BCUT2D eigenvalue weighted by Gasteiger charge is 2.50. The summed E-state index contributed by atoms with van der Waals surface area (Å²) in [4.78, 5) is 37.8. The van der Waals surface area contributed by atoms with Gasteiger partial charge >= 0.3 is 0 Å². The van der Waals surface area contributed by atoms with Gasteiger partial charge < -0.3 is 14.8 Å². The Balaban J connectivity index is 1.52. The van der Waals surface area contributed by atoms with Gasteiger partial charge in [-0.2, -0.15) is 0 Å². The van der Waals surface area contributed by atoms with Crippen LogP contribution in [0.2, 0.25) is 0 Å². The molecule has 2 fully saturated rings. The van der Waals surface area contributed by atoms with E-state index in [1.807, 2.05) is 4.90 Å². The number of hydrogen-bond donors (Lipinski definition) is 1. The summed E-state index contributed by atoms with van der Waals surface area (Å²) in [5.41, 5.74) is 1.88. The number of piperidine rings is 1. The average molecular weight is 391 g/mol. The average Bonchev–Trinajstić information content (AvgIpc) is 3.09. The normalized spacial score (nSPS) is 22.0. The minimum atomic E-state index is -0.331. The number of imidazole rings is 1. The third kappa shape index (κ3) is 3.39. The van der Waals surface area contributed by atoms with Gasteiger partial charge in [0.05, 0.1) is 23.3 Å². The summed E-state index contributed by atoms with van der Waals surface area (Å²) in [6.07, 6.45) is 7.42. The summed E-state index contributed by atoms with van der Waals surface area (Å²) < 4.78 is 0. The van der Waals surface area contributed by atoms with E-state index in [0.29, 0.717) is 30.0 Å². The molecule has 0 radical (unpaired) electrons. The lowest BCUT2D eigenvalue weighted by Gasteiger charge is -2.51. The second kappa shape index (κ2) is 7.49. The number of carbonyl (C=O) groups is 2. The molecule has 3 heterocycles. The van der Waals surface area contributed by atoms with Crippen molar-refractivity contribution in [1.29, 1.82) is 0 Å². The molecular formula is C20H30N4O2S. The first-order valence-corrected chi connectivity index (χ1v) is 11.3. The monoisotopic (exact) mass is 390 g/mol. The summed E-state index contributed by atoms with van der Waals surface area (Å²) in [7, 11) is 0. The number of fused-ring (bicyclic) bond motifs is 2. The summed E-state index contributed by atoms with van der Waals surface area (Å²) in [6, 6.07) is 0. The molecule has 1 saturated heterocycles. The lowest BCUT2D eigenvalue weighted by molar-refractivity contribution is -0.150. The second-order valence-electron chi connectivity index (χ2n) is 8.37. The number of amides is 2. The smallest absolute Gasteiger partial charge is 0.232 e. The van der Waals surface area contributed by atoms with Crippen LogP contribution < -0.4 is 0 Å². The fraction of sp³-hybridized carbons (Fsp3) is 0.750. The van der Waals surface area contributed by atoms with Gasteiger partial charge in [0.2, 0.25) is 11.8 Å². The van der Waals surface area contributed by atoms with Crippen molar-refractivity contribution < 1.29 is 9.59 Å². The van der Waals surface area contributed by atoms with Gasteiger partial charge in [0.15, 0.2) is 0 Å². The molecule has 4 rings (SSSR count). The Morgan fingerprint density at radius 1 is 1.30 bits per heavy atom. The number of H-pyrrole nitrogens is 1. The summed E-state index contributed by atoms with van der Waals surface area (Å²) in [6.45, 7) is 6.42. The van der Waals surface area contributed by atoms with Gasteiger partial charge in [-0.15, -0.1) is 11.8 Å². The molecule has 0 bridgehead atoms. The zero-order chi connectivity index (χ0) is 19.0. The molecule has 6 nitrogen and oxygen atoms in total. The first-order valence-electron chi connectivity index (χ1n) is 10.2. The van der Waals surface area contributed by atoms with E-state index < -0.39 is 0 Å². The van der Waals surface area contributed by atoms with Crippen LogP contribution in [0.4, 0.5) is 0 Å². The van der Waals surface area contributed by atoms with Crippen LogP contribution in [-0.4, -0.2) is 62.2 Å². The van der Waals surface area contributed by atoms with Crippen molar-refractivity contribution in [2.24, 2.45) is 5.92 Å². The van der Waals surface area contributed by atoms with Gasteiger partial charge in [-0.3, -0.25) is 9.59 Å². The number of likely N-dealkylation sites (tertiary alicyclic amines) is 1. The van der Waals surface area contributed by atoms with Crippen molar-refractivity contribution in [3.05, 3.63) is 17.7 Å². The molecular weight excluding hydrogens is 360 g/mol. The molecule has 0 unspecified atom stereocenters. The Bertz CT molecular complexity index is 705. The molecule has 2 amide bonds. The third-order valence-electron chi connectivity index (χ3n) is 6.47. The van der Waals surface area contributed by atoms with Crippen LogP contribution in [0.5, 0.6) is 0 Å². The molecule has 1 spiro atoms. The molecule has 148 valence electrons. The molecule has 0 atom stereocenters. The number of aromatic amines is 1. The molecule has 0 aromatic carbocycles. The van der Waals surface area contributed by atoms with Crippen LogP contribution in [0.3, 0.4) is 0 Å². The van der Waals surface area contributed by atoms with E-state index in [1.165, 1.54) is 12.1 Å². The van der Waals surface area contributed by atoms with E-state index in [2.05, 4.69) is 28.7 Å². The van der Waals surface area contributed by atoms with Gasteiger partial charge in [0.1, 0.15) is 0 Å². The Hall–Kier alpha value is -1.50. The standard InChI is InChI=1S/C20H30N4O2S/c1-14(2)27-12-17(25)23-10-7-20(8-11-23)18-16(21-13-22-18)6-9-24(20)19(26)15-4-3-5-15/h13-15H,3-12H2,1-2H3,(H,21,22). The number of thioether (sulfide) groups is 1. The van der Waals surface area contributed by atoms with Crippen LogP contribution in [0.15, 0.2) is 6.33 Å². The largest absolute Gasteiger partial charge is 0.348 e. The Morgan fingerprint density at radius 2 is 2.04 bits per heavy atom. The maximum atomic E-state index is 13.2. The molecule has 1 aliphatic carbocycles. The first-order chi connectivity index (χ1) is 13.0. The maximum absolute atomic E-state index is 13.2. The van der Waals surface area contributed by atoms with Crippen molar-refractivity contribution in [2.75, 3.05) is 25.4 Å². The van der Waals surface area contributed by atoms with E-state index in [-0.39, 0.29) is 17.4 Å². The van der Waals surface area contributed by atoms with Crippen molar-refractivity contribution >= 4 is 23.6 Å². The fourth-order valence-corrected chi connectivity index (χ4v) is 5.30. The summed E-state index contributed by atoms with van der Waals surface area (Å²) in [5.74, 6) is 1.27. The quantitative estimate of drug-likeness (QED) is 0.858. The van der Waals surface area contributed by atoms with Crippen LogP contribution in [0.25, 0.3) is 0 Å². The number of aromatic nitrogens is 2. The highest BCUT2D eigenvalue weighted by molar-refractivity contribution is 8.00. The number of nitrogens with zero attached hydrogens (tertiary/aromatic N) is 3. The lowest BCUT2D eigenvalue weighted by Crippen LogP contribution is -2.60. The molecule has 7 heteroatoms. The molecule has 1 saturated carbocycles. The Labute approximate surface area is 165 Å². The summed E-state index contributed by atoms with van der Waals surface area (Å²) >= 11 is 1.70. The fourth-order valence-electron chi connectivity index (χ4n) is 4.64. The second-order valence-corrected chi connectivity index (χ2v) is 9.93. The van der Waals surface area contributed by atoms with Crippen molar-refractivity contribution in [3.63, 3.8) is 0 Å². The van der Waals surface area contributed by atoms with Crippen molar-refractivity contribution in [2.45, 2.75) is 63.2 Å². The Kier molecular flexibility index (Phi) is 5.23. The minimum Gasteiger partial charge on any atom is -0.348 e. The first kappa shape index (κ1) is 18.8. The number of nitrogens with one attached hydrogen (secondary N) is 1. The van der Waals surface area contributed by atoms with Gasteiger partial charge in [-0.1, -0.05) is 20.3 Å². The van der Waals surface area contributed by atoms with Gasteiger partial charge in [0.25, 0.3) is 0 Å². The SMILES string of the molecule is CC(C)SCC(=O)N1CCC2(CC1)c1nc[nH]c1CCN2C(=O)C1CCC1. The van der Waals surface area contributed by atoms with Crippen LogP contribution in [0, 0.1) is 5.92 Å². The van der Waals surface area contributed by atoms with Gasteiger partial charge in [-0.05, 0) is 30.9 Å². The van der Waals surface area contributed by atoms with Gasteiger partial charge in [0, 0.05) is 37.7 Å².